The molecule has 12 heteroatoms. The molecular formula is C33H26BrN3O6S2. The van der Waals surface area contributed by atoms with Crippen molar-refractivity contribution in [2.24, 2.45) is 29.6 Å². The fourth-order valence-electron chi connectivity index (χ4n) is 7.92. The maximum absolute atomic E-state index is 14.0. The highest BCUT2D eigenvalue weighted by Crippen LogP contribution is 2.68. The molecule has 1 aromatic heterocycles. The lowest BCUT2D eigenvalue weighted by Gasteiger charge is -2.43. The maximum atomic E-state index is 14.0. The molecule has 3 heterocycles. The lowest BCUT2D eigenvalue weighted by atomic mass is 9.68. The third-order valence-corrected chi connectivity index (χ3v) is 12.7. The number of anilines is 2. The molecule has 3 fully saturated rings. The van der Waals surface area contributed by atoms with Gasteiger partial charge in [0.2, 0.25) is 11.8 Å². The first-order valence-electron chi connectivity index (χ1n) is 14.6. The van der Waals surface area contributed by atoms with Crippen LogP contribution in [-0.2, 0) is 14.4 Å². The van der Waals surface area contributed by atoms with Crippen LogP contribution in [0.5, 0.6) is 11.5 Å². The van der Waals surface area contributed by atoms with E-state index >= 15 is 0 Å². The van der Waals surface area contributed by atoms with Crippen LogP contribution in [0, 0.1) is 29.6 Å². The van der Waals surface area contributed by atoms with E-state index in [0.29, 0.717) is 17.1 Å². The SMILES string of the molecule is O=C(COc1cccc([C@H]2c3sc(=O)[nH]c3SC3C4CC(C5C(=O)N(c6ccc(Br)cc6)C(=O)C45)C32)c1)Nc1ccc(O)cc1. The van der Waals surface area contributed by atoms with Crippen LogP contribution in [-0.4, -0.2) is 39.7 Å². The molecule has 228 valence electrons. The second-order valence-corrected chi connectivity index (χ2v) is 15.0. The maximum Gasteiger partial charge on any atom is 0.305 e. The summed E-state index contributed by atoms with van der Waals surface area (Å²) in [5.74, 6) is -0.832. The van der Waals surface area contributed by atoms with Gasteiger partial charge in [-0.1, -0.05) is 39.4 Å². The average molecular weight is 705 g/mol. The van der Waals surface area contributed by atoms with E-state index in [0.717, 1.165) is 26.4 Å². The number of carbonyl (C=O) groups is 3. The number of hydrogen-bond acceptors (Lipinski definition) is 8. The number of rotatable bonds is 6. The van der Waals surface area contributed by atoms with E-state index in [1.165, 1.54) is 28.4 Å². The topological polar surface area (TPSA) is 129 Å². The lowest BCUT2D eigenvalue weighted by molar-refractivity contribution is -0.123. The molecule has 4 aromatic rings. The summed E-state index contributed by atoms with van der Waals surface area (Å²) in [6.45, 7) is -0.212. The standard InChI is InChI=1S/C33H26BrN3O6S2/c34-16-4-8-18(9-5-16)37-31(40)26-21-13-22(27(26)32(37)41)28-25(21)24(29-30(44-28)36-33(42)45-29)15-2-1-3-20(12-15)43-14-23(39)35-17-6-10-19(38)11-7-17/h1-12,21-22,24-28,38H,13-14H2,(H,35,39)(H,36,42)/t21?,22?,24-,25?,26?,27?,28?/m1/s1. The quantitative estimate of drug-likeness (QED) is 0.176. The van der Waals surface area contributed by atoms with Crippen LogP contribution in [0.4, 0.5) is 11.4 Å². The number of nitrogens with one attached hydrogen (secondary N) is 2. The number of halogens is 1. The average Bonchev–Trinajstić information content (AvgIpc) is 3.77. The Morgan fingerprint density at radius 1 is 1.00 bits per heavy atom. The Morgan fingerprint density at radius 3 is 2.49 bits per heavy atom. The van der Waals surface area contributed by atoms with E-state index in [1.807, 2.05) is 30.3 Å². The monoisotopic (exact) mass is 703 g/mol. The van der Waals surface area contributed by atoms with E-state index in [2.05, 4.69) is 26.2 Å². The smallest absolute Gasteiger partial charge is 0.305 e. The van der Waals surface area contributed by atoms with Crippen molar-refractivity contribution < 1.29 is 24.2 Å². The van der Waals surface area contributed by atoms with E-state index in [-0.39, 0.29) is 69.8 Å². The number of aromatic amines is 1. The van der Waals surface area contributed by atoms with Crippen LogP contribution in [0.25, 0.3) is 0 Å². The van der Waals surface area contributed by atoms with Gasteiger partial charge in [0.05, 0.1) is 22.5 Å². The molecule has 3 aromatic carbocycles. The number of phenols is 1. The molecule has 9 nitrogen and oxygen atoms in total. The minimum atomic E-state index is -0.393. The zero-order valence-electron chi connectivity index (χ0n) is 23.5. The number of fused-ring (bicyclic) bond motifs is 9. The summed E-state index contributed by atoms with van der Waals surface area (Å²) in [4.78, 5) is 58.2. The van der Waals surface area contributed by atoms with Crippen LogP contribution < -0.4 is 19.8 Å². The Hall–Kier alpha value is -3.87. The van der Waals surface area contributed by atoms with Gasteiger partial charge in [-0.05, 0) is 90.4 Å². The highest BCUT2D eigenvalue weighted by Gasteiger charge is 2.69. The number of thiazole rings is 1. The fourth-order valence-corrected chi connectivity index (χ4v) is 11.1. The first kappa shape index (κ1) is 28.6. The Kier molecular flexibility index (Phi) is 6.92. The van der Waals surface area contributed by atoms with Crippen LogP contribution in [0.3, 0.4) is 0 Å². The number of imide groups is 1. The number of amides is 3. The van der Waals surface area contributed by atoms with Gasteiger partial charge in [0.25, 0.3) is 5.91 Å². The molecule has 2 aliphatic heterocycles. The van der Waals surface area contributed by atoms with Crippen LogP contribution >= 0.6 is 39.0 Å². The molecular weight excluding hydrogens is 678 g/mol. The van der Waals surface area contributed by atoms with Gasteiger partial charge >= 0.3 is 4.87 Å². The third-order valence-electron chi connectivity index (χ3n) is 9.55. The van der Waals surface area contributed by atoms with Gasteiger partial charge in [0.15, 0.2) is 6.61 Å². The molecule has 7 atom stereocenters. The zero-order valence-corrected chi connectivity index (χ0v) is 26.7. The Balaban J connectivity index is 1.08. The van der Waals surface area contributed by atoms with Gasteiger partial charge in [-0.2, -0.15) is 0 Å². The van der Waals surface area contributed by atoms with Crippen molar-refractivity contribution in [2.45, 2.75) is 22.6 Å². The van der Waals surface area contributed by atoms with E-state index < -0.39 is 5.92 Å². The van der Waals surface area contributed by atoms with Gasteiger partial charge in [0, 0.05) is 26.2 Å². The number of ether oxygens (including phenoxy) is 1. The lowest BCUT2D eigenvalue weighted by Crippen LogP contribution is -2.42. The number of carbonyl (C=O) groups excluding carboxylic acids is 3. The molecule has 4 aliphatic rings. The Labute approximate surface area is 274 Å². The molecule has 0 radical (unpaired) electrons. The molecule has 0 spiro atoms. The molecule has 3 amide bonds. The summed E-state index contributed by atoms with van der Waals surface area (Å²) in [5.41, 5.74) is 2.09. The first-order chi connectivity index (χ1) is 21.8. The van der Waals surface area contributed by atoms with Crippen molar-refractivity contribution in [3.05, 3.63) is 97.4 Å². The van der Waals surface area contributed by atoms with Gasteiger partial charge in [-0.15, -0.1) is 11.8 Å². The molecule has 8 rings (SSSR count). The minimum Gasteiger partial charge on any atom is -0.508 e. The van der Waals surface area contributed by atoms with Crippen molar-refractivity contribution in [2.75, 3.05) is 16.8 Å². The predicted molar refractivity (Wildman–Crippen MR) is 174 cm³/mol. The third kappa shape index (κ3) is 4.72. The second-order valence-electron chi connectivity index (χ2n) is 11.9. The van der Waals surface area contributed by atoms with Gasteiger partial charge in [-0.3, -0.25) is 24.1 Å². The number of thioether (sulfide) groups is 1. The normalized spacial score (nSPS) is 27.7. The molecule has 3 N–H and O–H groups in total. The number of benzene rings is 3. The van der Waals surface area contributed by atoms with E-state index in [1.54, 1.807) is 42.1 Å². The largest absolute Gasteiger partial charge is 0.508 e. The molecule has 2 saturated carbocycles. The van der Waals surface area contributed by atoms with Gasteiger partial charge < -0.3 is 20.1 Å². The van der Waals surface area contributed by atoms with Crippen molar-refractivity contribution in [3.8, 4) is 11.5 Å². The highest BCUT2D eigenvalue weighted by molar-refractivity contribution is 9.10. The molecule has 2 bridgehead atoms. The number of aromatic nitrogens is 1. The van der Waals surface area contributed by atoms with Gasteiger partial charge in [-0.25, -0.2) is 0 Å². The summed E-state index contributed by atoms with van der Waals surface area (Å²) in [5, 5.41) is 13.1. The summed E-state index contributed by atoms with van der Waals surface area (Å²) in [6.07, 6.45) is 0.798. The number of nitrogens with zero attached hydrogens (tertiary/aromatic N) is 1. The zero-order chi connectivity index (χ0) is 31.0. The van der Waals surface area contributed by atoms with Crippen molar-refractivity contribution in [1.29, 1.82) is 0 Å². The van der Waals surface area contributed by atoms with Crippen LogP contribution in [0.15, 0.2) is 87.1 Å². The molecule has 2 aliphatic carbocycles. The Bertz CT molecular complexity index is 1910. The molecule has 45 heavy (non-hydrogen) atoms. The fraction of sp³-hybridized carbons (Fsp3) is 0.273. The van der Waals surface area contributed by atoms with Crippen molar-refractivity contribution in [1.82, 2.24) is 4.98 Å². The summed E-state index contributed by atoms with van der Waals surface area (Å²) in [6, 6.07) is 21.1. The minimum absolute atomic E-state index is 0.00888. The second kappa shape index (κ2) is 10.9. The first-order valence-corrected chi connectivity index (χ1v) is 17.1. The summed E-state index contributed by atoms with van der Waals surface area (Å²) < 4.78 is 6.77. The van der Waals surface area contributed by atoms with E-state index in [9.17, 15) is 24.3 Å². The summed E-state index contributed by atoms with van der Waals surface area (Å²) in [7, 11) is 0. The number of H-pyrrole nitrogens is 1. The van der Waals surface area contributed by atoms with Crippen molar-refractivity contribution in [3.63, 3.8) is 0 Å². The highest BCUT2D eigenvalue weighted by atomic mass is 79.9. The van der Waals surface area contributed by atoms with Crippen LogP contribution in [0.1, 0.15) is 22.8 Å². The Morgan fingerprint density at radius 2 is 1.73 bits per heavy atom. The van der Waals surface area contributed by atoms with Gasteiger partial charge in [0.1, 0.15) is 11.5 Å². The molecule has 1 saturated heterocycles. The number of hydrogen-bond donors (Lipinski definition) is 3. The van der Waals surface area contributed by atoms with Crippen molar-refractivity contribution >= 4 is 68.1 Å². The predicted octanol–water partition coefficient (Wildman–Crippen LogP) is 5.60. The number of aromatic hydroxyl groups is 1. The summed E-state index contributed by atoms with van der Waals surface area (Å²) >= 11 is 6.28. The van der Waals surface area contributed by atoms with E-state index in [4.69, 9.17) is 4.74 Å². The number of phenolic OH excluding ortho intramolecular Hbond substituents is 1. The van der Waals surface area contributed by atoms with Crippen LogP contribution in [0.2, 0.25) is 0 Å². The molecule has 6 unspecified atom stereocenters.